The highest BCUT2D eigenvalue weighted by atomic mass is 35.5. The molecule has 0 atom stereocenters. The van der Waals surface area contributed by atoms with Gasteiger partial charge in [-0.3, -0.25) is 4.79 Å². The van der Waals surface area contributed by atoms with Crippen molar-refractivity contribution >= 4 is 28.8 Å². The van der Waals surface area contributed by atoms with E-state index >= 15 is 0 Å². The van der Waals surface area contributed by atoms with Gasteiger partial charge in [0, 0.05) is 19.0 Å². The van der Waals surface area contributed by atoms with Gasteiger partial charge in [0.05, 0.1) is 4.88 Å². The number of likely N-dealkylation sites (tertiary alicyclic amines) is 1. The number of carbonyl (C=O) groups is 1. The van der Waals surface area contributed by atoms with Crippen molar-refractivity contribution in [2.75, 3.05) is 19.0 Å². The molecule has 17 heavy (non-hydrogen) atoms. The van der Waals surface area contributed by atoms with Gasteiger partial charge in [0.15, 0.2) is 0 Å². The third kappa shape index (κ3) is 2.83. The molecular weight excluding hydrogens is 254 g/mol. The average molecular weight is 272 g/mol. The van der Waals surface area contributed by atoms with Crippen LogP contribution in [0.3, 0.4) is 0 Å². The minimum absolute atomic E-state index is 0.213. The zero-order valence-corrected chi connectivity index (χ0v) is 11.7. The van der Waals surface area contributed by atoms with E-state index in [2.05, 4.69) is 13.0 Å². The summed E-state index contributed by atoms with van der Waals surface area (Å²) in [5.74, 6) is 1.53. The number of alkyl halides is 1. The van der Waals surface area contributed by atoms with Crippen LogP contribution >= 0.6 is 22.9 Å². The summed E-state index contributed by atoms with van der Waals surface area (Å²) < 4.78 is 0. The number of piperidine rings is 1. The Hall–Kier alpha value is -0.540. The first-order valence-electron chi connectivity index (χ1n) is 6.17. The van der Waals surface area contributed by atoms with Crippen LogP contribution in [0.5, 0.6) is 0 Å². The maximum atomic E-state index is 12.3. The third-order valence-electron chi connectivity index (χ3n) is 3.44. The molecule has 0 radical (unpaired) electrons. The Bertz CT molecular complexity index is 383. The minimum Gasteiger partial charge on any atom is -0.338 e. The fourth-order valence-corrected chi connectivity index (χ4v) is 3.51. The fraction of sp³-hybridized carbons (Fsp3) is 0.615. The Morgan fingerprint density at radius 3 is 2.82 bits per heavy atom. The van der Waals surface area contributed by atoms with Gasteiger partial charge in [-0.1, -0.05) is 6.92 Å². The Morgan fingerprint density at radius 1 is 1.53 bits per heavy atom. The molecule has 1 aliphatic rings. The van der Waals surface area contributed by atoms with Gasteiger partial charge in [-0.05, 0) is 42.2 Å². The van der Waals surface area contributed by atoms with Gasteiger partial charge in [0.1, 0.15) is 0 Å². The zero-order valence-electron chi connectivity index (χ0n) is 10.1. The predicted octanol–water partition coefficient (Wildman–Crippen LogP) is 3.40. The number of thiophene rings is 1. The number of hydrogen-bond donors (Lipinski definition) is 0. The molecule has 0 N–H and O–H groups in total. The van der Waals surface area contributed by atoms with Gasteiger partial charge in [0.25, 0.3) is 5.91 Å². The van der Waals surface area contributed by atoms with Gasteiger partial charge >= 0.3 is 0 Å². The molecule has 0 unspecified atom stereocenters. The molecular formula is C13H18ClNOS. The lowest BCUT2D eigenvalue weighted by atomic mass is 9.98. The molecule has 0 aliphatic carbocycles. The number of rotatable bonds is 3. The highest BCUT2D eigenvalue weighted by Gasteiger charge is 2.24. The number of halogens is 1. The molecule has 1 aromatic rings. The van der Waals surface area contributed by atoms with E-state index in [9.17, 15) is 4.79 Å². The summed E-state index contributed by atoms with van der Waals surface area (Å²) in [6.07, 6.45) is 3.02. The maximum Gasteiger partial charge on any atom is 0.264 e. The molecule has 94 valence electrons. The van der Waals surface area contributed by atoms with Gasteiger partial charge in [-0.2, -0.15) is 0 Å². The van der Waals surface area contributed by atoms with Crippen molar-refractivity contribution in [3.8, 4) is 0 Å². The Labute approximate surface area is 112 Å². The highest BCUT2D eigenvalue weighted by Crippen LogP contribution is 2.24. The predicted molar refractivity (Wildman–Crippen MR) is 73.0 cm³/mol. The normalized spacial score (nSPS) is 17.4. The van der Waals surface area contributed by atoms with Crippen molar-refractivity contribution in [1.82, 2.24) is 4.90 Å². The fourth-order valence-electron chi connectivity index (χ4n) is 2.24. The molecule has 2 nitrogen and oxygen atoms in total. The van der Waals surface area contributed by atoms with E-state index < -0.39 is 0 Å². The molecule has 1 saturated heterocycles. The molecule has 0 saturated carbocycles. The van der Waals surface area contributed by atoms with Crippen molar-refractivity contribution in [2.24, 2.45) is 5.92 Å². The lowest BCUT2D eigenvalue weighted by Crippen LogP contribution is -2.38. The van der Waals surface area contributed by atoms with Gasteiger partial charge in [0.2, 0.25) is 0 Å². The molecule has 0 aromatic carbocycles. The zero-order chi connectivity index (χ0) is 12.3. The third-order valence-corrected chi connectivity index (χ3v) is 4.82. The van der Waals surface area contributed by atoms with Crippen molar-refractivity contribution in [1.29, 1.82) is 0 Å². The number of amides is 1. The maximum absolute atomic E-state index is 12.3. The van der Waals surface area contributed by atoms with Crippen LogP contribution in [0.4, 0.5) is 0 Å². The second-order valence-corrected chi connectivity index (χ2v) is 5.74. The van der Waals surface area contributed by atoms with Crippen LogP contribution in [0.15, 0.2) is 11.4 Å². The summed E-state index contributed by atoms with van der Waals surface area (Å²) in [6.45, 7) is 3.81. The topological polar surface area (TPSA) is 20.3 Å². The average Bonchev–Trinajstić information content (AvgIpc) is 2.86. The summed E-state index contributed by atoms with van der Waals surface area (Å²) >= 11 is 7.42. The number of hydrogen-bond acceptors (Lipinski definition) is 2. The van der Waals surface area contributed by atoms with E-state index in [1.165, 1.54) is 5.56 Å². The van der Waals surface area contributed by atoms with Crippen LogP contribution in [0, 0.1) is 5.92 Å². The smallest absolute Gasteiger partial charge is 0.264 e. The molecule has 2 rings (SSSR count). The molecule has 2 heterocycles. The van der Waals surface area contributed by atoms with Crippen LogP contribution in [0.25, 0.3) is 0 Å². The van der Waals surface area contributed by atoms with Gasteiger partial charge < -0.3 is 4.90 Å². The molecule has 0 spiro atoms. The standard InChI is InChI=1S/C13H18ClNOS/c1-2-11-5-8-17-12(11)13(16)15-6-3-10(9-14)4-7-15/h5,8,10H,2-4,6-7,9H2,1H3. The second kappa shape index (κ2) is 5.87. The number of aryl methyl sites for hydroxylation is 1. The molecule has 1 fully saturated rings. The number of carbonyl (C=O) groups excluding carboxylic acids is 1. The quantitative estimate of drug-likeness (QED) is 0.772. The van der Waals surface area contributed by atoms with E-state index in [1.54, 1.807) is 11.3 Å². The summed E-state index contributed by atoms with van der Waals surface area (Å²) in [5, 5.41) is 2.01. The first-order chi connectivity index (χ1) is 8.26. The highest BCUT2D eigenvalue weighted by molar-refractivity contribution is 7.12. The van der Waals surface area contributed by atoms with E-state index in [0.29, 0.717) is 5.92 Å². The van der Waals surface area contributed by atoms with E-state index in [0.717, 1.165) is 43.1 Å². The summed E-state index contributed by atoms with van der Waals surface area (Å²) in [4.78, 5) is 15.2. The Kier molecular flexibility index (Phi) is 4.46. The van der Waals surface area contributed by atoms with Crippen LogP contribution in [-0.4, -0.2) is 29.8 Å². The van der Waals surface area contributed by atoms with Crippen molar-refractivity contribution < 1.29 is 4.79 Å². The second-order valence-electron chi connectivity index (χ2n) is 4.52. The number of nitrogens with zero attached hydrogens (tertiary/aromatic N) is 1. The first-order valence-corrected chi connectivity index (χ1v) is 7.59. The van der Waals surface area contributed by atoms with Gasteiger partial charge in [-0.25, -0.2) is 0 Å². The first kappa shape index (κ1) is 12.9. The largest absolute Gasteiger partial charge is 0.338 e. The molecule has 1 amide bonds. The van der Waals surface area contributed by atoms with Crippen LogP contribution in [0.2, 0.25) is 0 Å². The van der Waals surface area contributed by atoms with Crippen molar-refractivity contribution in [2.45, 2.75) is 26.2 Å². The van der Waals surface area contributed by atoms with E-state index in [-0.39, 0.29) is 5.91 Å². The lowest BCUT2D eigenvalue weighted by molar-refractivity contribution is 0.0702. The van der Waals surface area contributed by atoms with E-state index in [4.69, 9.17) is 11.6 Å². The minimum atomic E-state index is 0.213. The monoisotopic (exact) mass is 271 g/mol. The van der Waals surface area contributed by atoms with Crippen LogP contribution < -0.4 is 0 Å². The van der Waals surface area contributed by atoms with Crippen molar-refractivity contribution in [3.05, 3.63) is 21.9 Å². The summed E-state index contributed by atoms with van der Waals surface area (Å²) in [7, 11) is 0. The van der Waals surface area contributed by atoms with E-state index in [1.807, 2.05) is 10.3 Å². The summed E-state index contributed by atoms with van der Waals surface area (Å²) in [5.41, 5.74) is 1.18. The molecule has 1 aromatic heterocycles. The van der Waals surface area contributed by atoms with Gasteiger partial charge in [-0.15, -0.1) is 22.9 Å². The lowest BCUT2D eigenvalue weighted by Gasteiger charge is -2.31. The SMILES string of the molecule is CCc1ccsc1C(=O)N1CCC(CCl)CC1. The van der Waals surface area contributed by atoms with Crippen LogP contribution in [-0.2, 0) is 6.42 Å². The molecule has 1 aliphatic heterocycles. The Balaban J connectivity index is 2.02. The molecule has 4 heteroatoms. The summed E-state index contributed by atoms with van der Waals surface area (Å²) in [6, 6.07) is 2.06. The Morgan fingerprint density at radius 2 is 2.24 bits per heavy atom. The molecule has 0 bridgehead atoms. The van der Waals surface area contributed by atoms with Crippen LogP contribution in [0.1, 0.15) is 35.0 Å². The van der Waals surface area contributed by atoms with Crippen molar-refractivity contribution in [3.63, 3.8) is 0 Å².